The van der Waals surface area contributed by atoms with Crippen LogP contribution in [-0.4, -0.2) is 12.6 Å². The molecule has 3 heteroatoms. The van der Waals surface area contributed by atoms with Crippen LogP contribution < -0.4 is 10.2 Å². The average molecular weight is 258 g/mol. The first-order chi connectivity index (χ1) is 8.88. The molecule has 2 heterocycles. The van der Waals surface area contributed by atoms with E-state index >= 15 is 0 Å². The molecule has 0 bridgehead atoms. The van der Waals surface area contributed by atoms with E-state index in [0.717, 1.165) is 13.1 Å². The largest absolute Gasteiger partial charge is 0.381 e. The van der Waals surface area contributed by atoms with Crippen molar-refractivity contribution < 1.29 is 0 Å². The van der Waals surface area contributed by atoms with Gasteiger partial charge < -0.3 is 10.2 Å². The third-order valence-electron chi connectivity index (χ3n) is 3.56. The second-order valence-corrected chi connectivity index (χ2v) is 5.70. The molecule has 0 radical (unpaired) electrons. The zero-order valence-corrected chi connectivity index (χ0v) is 11.4. The van der Waals surface area contributed by atoms with Crippen molar-refractivity contribution in [2.24, 2.45) is 0 Å². The number of hydrogen-bond acceptors (Lipinski definition) is 3. The molecule has 1 aliphatic rings. The molecule has 1 aliphatic heterocycles. The molecule has 1 aromatic heterocycles. The SMILES string of the molecule is CCC1CNc2ccccc2N1Cc1cccs1. The average Bonchev–Trinajstić information content (AvgIpc) is 2.92. The van der Waals surface area contributed by atoms with E-state index < -0.39 is 0 Å². The molecule has 2 aromatic rings. The Labute approximate surface area is 112 Å². The Morgan fingerprint density at radius 1 is 1.28 bits per heavy atom. The molecular weight excluding hydrogens is 240 g/mol. The van der Waals surface area contributed by atoms with E-state index in [-0.39, 0.29) is 0 Å². The molecule has 1 unspecified atom stereocenters. The highest BCUT2D eigenvalue weighted by atomic mass is 32.1. The van der Waals surface area contributed by atoms with Gasteiger partial charge >= 0.3 is 0 Å². The van der Waals surface area contributed by atoms with Gasteiger partial charge in [0.05, 0.1) is 17.9 Å². The van der Waals surface area contributed by atoms with Crippen LogP contribution >= 0.6 is 11.3 Å². The van der Waals surface area contributed by atoms with Crippen LogP contribution in [0.15, 0.2) is 41.8 Å². The van der Waals surface area contributed by atoms with E-state index in [9.17, 15) is 0 Å². The van der Waals surface area contributed by atoms with Gasteiger partial charge in [-0.05, 0) is 30.0 Å². The molecule has 1 N–H and O–H groups in total. The molecular formula is C15H18N2S. The number of nitrogens with one attached hydrogen (secondary N) is 1. The lowest BCUT2D eigenvalue weighted by atomic mass is 10.1. The van der Waals surface area contributed by atoms with Crippen molar-refractivity contribution in [3.63, 3.8) is 0 Å². The number of hydrogen-bond donors (Lipinski definition) is 1. The van der Waals surface area contributed by atoms with E-state index in [0.29, 0.717) is 6.04 Å². The van der Waals surface area contributed by atoms with Gasteiger partial charge in [0.15, 0.2) is 0 Å². The van der Waals surface area contributed by atoms with Crippen LogP contribution in [0.1, 0.15) is 18.2 Å². The predicted molar refractivity (Wildman–Crippen MR) is 79.5 cm³/mol. The van der Waals surface area contributed by atoms with E-state index in [1.54, 1.807) is 0 Å². The van der Waals surface area contributed by atoms with Crippen molar-refractivity contribution in [3.05, 3.63) is 46.7 Å². The number of rotatable bonds is 3. The Bertz CT molecular complexity index is 507. The zero-order valence-electron chi connectivity index (χ0n) is 10.6. The van der Waals surface area contributed by atoms with Crippen LogP contribution in [0.5, 0.6) is 0 Å². The van der Waals surface area contributed by atoms with Crippen molar-refractivity contribution in [1.29, 1.82) is 0 Å². The van der Waals surface area contributed by atoms with Crippen LogP contribution in [0.25, 0.3) is 0 Å². The van der Waals surface area contributed by atoms with Gasteiger partial charge in [0, 0.05) is 17.5 Å². The molecule has 2 nitrogen and oxygen atoms in total. The smallest absolute Gasteiger partial charge is 0.0608 e. The molecule has 1 aromatic carbocycles. The second-order valence-electron chi connectivity index (χ2n) is 4.67. The Morgan fingerprint density at radius 3 is 2.94 bits per heavy atom. The minimum absolute atomic E-state index is 0.585. The van der Waals surface area contributed by atoms with Gasteiger partial charge in [-0.2, -0.15) is 0 Å². The summed E-state index contributed by atoms with van der Waals surface area (Å²) in [5.74, 6) is 0. The van der Waals surface area contributed by atoms with E-state index in [1.807, 2.05) is 11.3 Å². The standard InChI is InChI=1S/C15H18N2S/c1-2-12-10-16-14-7-3-4-8-15(14)17(12)11-13-6-5-9-18-13/h3-9,12,16H,2,10-11H2,1H3. The second kappa shape index (κ2) is 5.02. The third-order valence-corrected chi connectivity index (χ3v) is 4.42. The molecule has 0 saturated carbocycles. The summed E-state index contributed by atoms with van der Waals surface area (Å²) in [6.07, 6.45) is 1.17. The Hall–Kier alpha value is -1.48. The molecule has 0 aliphatic carbocycles. The van der Waals surface area contributed by atoms with Crippen LogP contribution in [0.4, 0.5) is 11.4 Å². The summed E-state index contributed by atoms with van der Waals surface area (Å²) < 4.78 is 0. The lowest BCUT2D eigenvalue weighted by molar-refractivity contribution is 0.582. The Morgan fingerprint density at radius 2 is 2.17 bits per heavy atom. The highest BCUT2D eigenvalue weighted by molar-refractivity contribution is 7.09. The highest BCUT2D eigenvalue weighted by Gasteiger charge is 2.24. The van der Waals surface area contributed by atoms with Gasteiger partial charge in [0.2, 0.25) is 0 Å². The number of thiophene rings is 1. The molecule has 94 valence electrons. The summed E-state index contributed by atoms with van der Waals surface area (Å²) in [6, 6.07) is 13.6. The maximum Gasteiger partial charge on any atom is 0.0608 e. The van der Waals surface area contributed by atoms with Crippen molar-refractivity contribution in [3.8, 4) is 0 Å². The van der Waals surface area contributed by atoms with Gasteiger partial charge in [0.1, 0.15) is 0 Å². The minimum Gasteiger partial charge on any atom is -0.381 e. The van der Waals surface area contributed by atoms with Crippen LogP contribution in [0.2, 0.25) is 0 Å². The molecule has 0 spiro atoms. The fraction of sp³-hybridized carbons (Fsp3) is 0.333. The summed E-state index contributed by atoms with van der Waals surface area (Å²) >= 11 is 1.84. The Kier molecular flexibility index (Phi) is 3.24. The van der Waals surface area contributed by atoms with E-state index in [1.165, 1.54) is 22.7 Å². The maximum absolute atomic E-state index is 3.53. The normalized spacial score (nSPS) is 18.3. The fourth-order valence-electron chi connectivity index (χ4n) is 2.56. The zero-order chi connectivity index (χ0) is 12.4. The topological polar surface area (TPSA) is 15.3 Å². The van der Waals surface area contributed by atoms with Crippen molar-refractivity contribution in [1.82, 2.24) is 0 Å². The molecule has 0 fully saturated rings. The van der Waals surface area contributed by atoms with Crippen molar-refractivity contribution >= 4 is 22.7 Å². The van der Waals surface area contributed by atoms with Crippen LogP contribution in [0.3, 0.4) is 0 Å². The Balaban J connectivity index is 1.93. The lowest BCUT2D eigenvalue weighted by Crippen LogP contribution is -2.43. The van der Waals surface area contributed by atoms with Crippen LogP contribution in [0, 0.1) is 0 Å². The first kappa shape index (κ1) is 11.6. The van der Waals surface area contributed by atoms with Crippen molar-refractivity contribution in [2.45, 2.75) is 25.9 Å². The summed E-state index contributed by atoms with van der Waals surface area (Å²) in [6.45, 7) is 4.33. The van der Waals surface area contributed by atoms with Gasteiger partial charge in [-0.1, -0.05) is 25.1 Å². The molecule has 1 atom stereocenters. The number of fused-ring (bicyclic) bond motifs is 1. The monoisotopic (exact) mass is 258 g/mol. The van der Waals surface area contributed by atoms with E-state index in [2.05, 4.69) is 58.9 Å². The predicted octanol–water partition coefficient (Wildman–Crippen LogP) is 3.96. The molecule has 3 rings (SSSR count). The first-order valence-electron chi connectivity index (χ1n) is 6.50. The quantitative estimate of drug-likeness (QED) is 0.896. The molecule has 18 heavy (non-hydrogen) atoms. The van der Waals surface area contributed by atoms with Gasteiger partial charge in [0.25, 0.3) is 0 Å². The van der Waals surface area contributed by atoms with Gasteiger partial charge in [-0.25, -0.2) is 0 Å². The van der Waals surface area contributed by atoms with Crippen LogP contribution in [-0.2, 0) is 6.54 Å². The maximum atomic E-state index is 3.53. The van der Waals surface area contributed by atoms with Crippen molar-refractivity contribution in [2.75, 3.05) is 16.8 Å². The number of nitrogens with zero attached hydrogens (tertiary/aromatic N) is 1. The summed E-state index contributed by atoms with van der Waals surface area (Å²) in [5, 5.41) is 5.69. The summed E-state index contributed by atoms with van der Waals surface area (Å²) in [7, 11) is 0. The fourth-order valence-corrected chi connectivity index (χ4v) is 3.26. The number of anilines is 2. The summed E-state index contributed by atoms with van der Waals surface area (Å²) in [4.78, 5) is 3.97. The third kappa shape index (κ3) is 2.10. The first-order valence-corrected chi connectivity index (χ1v) is 7.38. The highest BCUT2D eigenvalue weighted by Crippen LogP contribution is 2.33. The van der Waals surface area contributed by atoms with E-state index in [4.69, 9.17) is 0 Å². The van der Waals surface area contributed by atoms with Gasteiger partial charge in [-0.15, -0.1) is 11.3 Å². The number of para-hydroxylation sites is 2. The van der Waals surface area contributed by atoms with Gasteiger partial charge in [-0.3, -0.25) is 0 Å². The summed E-state index contributed by atoms with van der Waals surface area (Å²) in [5.41, 5.74) is 2.60. The molecule has 0 amide bonds. The number of benzene rings is 1. The lowest BCUT2D eigenvalue weighted by Gasteiger charge is -2.39. The molecule has 0 saturated heterocycles. The minimum atomic E-state index is 0.585.